The van der Waals surface area contributed by atoms with E-state index in [1.807, 2.05) is 12.1 Å². The molecule has 0 radical (unpaired) electrons. The third kappa shape index (κ3) is 4.67. The van der Waals surface area contributed by atoms with Gasteiger partial charge in [0, 0.05) is 25.4 Å². The van der Waals surface area contributed by atoms with Crippen LogP contribution in [0, 0.1) is 5.92 Å². The first kappa shape index (κ1) is 19.2. The van der Waals surface area contributed by atoms with Crippen molar-refractivity contribution in [3.63, 3.8) is 0 Å². The first-order valence-corrected chi connectivity index (χ1v) is 10.1. The largest absolute Gasteiger partial charge is 0.507 e. The fourth-order valence-electron chi connectivity index (χ4n) is 3.49. The Morgan fingerprint density at radius 1 is 1.17 bits per heavy atom. The number of phenols is 1. The van der Waals surface area contributed by atoms with Gasteiger partial charge in [-0.15, -0.1) is 0 Å². The van der Waals surface area contributed by atoms with Gasteiger partial charge < -0.3 is 20.1 Å². The van der Waals surface area contributed by atoms with Gasteiger partial charge in [-0.05, 0) is 49.3 Å². The summed E-state index contributed by atoms with van der Waals surface area (Å²) in [6.07, 6.45) is 5.52. The Morgan fingerprint density at radius 3 is 2.72 bits per heavy atom. The summed E-state index contributed by atoms with van der Waals surface area (Å²) in [5, 5.41) is 12.8. The van der Waals surface area contributed by atoms with Gasteiger partial charge in [-0.1, -0.05) is 18.2 Å². The molecule has 2 N–H and O–H groups in total. The van der Waals surface area contributed by atoms with Gasteiger partial charge in [0.2, 0.25) is 11.8 Å². The lowest BCUT2D eigenvalue weighted by Crippen LogP contribution is -2.45. The molecule has 1 saturated heterocycles. The van der Waals surface area contributed by atoms with Gasteiger partial charge in [-0.25, -0.2) is 4.98 Å². The molecule has 1 aromatic carbocycles. The van der Waals surface area contributed by atoms with Crippen molar-refractivity contribution in [3.8, 4) is 11.6 Å². The molecule has 1 aromatic heterocycles. The number of aromatic nitrogens is 1. The molecular weight excluding hydrogens is 370 g/mol. The number of hydrogen-bond donors (Lipinski definition) is 2. The number of likely N-dealkylation sites (tertiary alicyclic amines) is 1. The number of benzene rings is 1. The van der Waals surface area contributed by atoms with E-state index in [9.17, 15) is 14.7 Å². The number of aromatic hydroxyl groups is 1. The van der Waals surface area contributed by atoms with Crippen LogP contribution in [0.1, 0.15) is 41.6 Å². The lowest BCUT2D eigenvalue weighted by Gasteiger charge is -2.24. The average molecular weight is 395 g/mol. The maximum atomic E-state index is 12.8. The molecule has 7 nitrogen and oxygen atoms in total. The zero-order valence-electron chi connectivity index (χ0n) is 16.2. The van der Waals surface area contributed by atoms with Crippen LogP contribution in [-0.4, -0.2) is 46.0 Å². The van der Waals surface area contributed by atoms with Crippen LogP contribution in [-0.2, 0) is 11.3 Å². The first-order valence-electron chi connectivity index (χ1n) is 10.1. The van der Waals surface area contributed by atoms with Crippen LogP contribution < -0.4 is 10.1 Å². The maximum Gasteiger partial charge on any atom is 0.258 e. The second-order valence-corrected chi connectivity index (χ2v) is 7.65. The van der Waals surface area contributed by atoms with Gasteiger partial charge in [0.05, 0.1) is 12.2 Å². The highest BCUT2D eigenvalue weighted by Crippen LogP contribution is 2.29. The Morgan fingerprint density at radius 2 is 2.00 bits per heavy atom. The zero-order valence-corrected chi connectivity index (χ0v) is 16.2. The van der Waals surface area contributed by atoms with Gasteiger partial charge in [0.25, 0.3) is 5.91 Å². The van der Waals surface area contributed by atoms with Gasteiger partial charge in [0.15, 0.2) is 0 Å². The van der Waals surface area contributed by atoms with Crippen LogP contribution in [0.5, 0.6) is 11.6 Å². The minimum absolute atomic E-state index is 0.0707. The van der Waals surface area contributed by atoms with Crippen molar-refractivity contribution in [1.82, 2.24) is 15.2 Å². The van der Waals surface area contributed by atoms with Crippen LogP contribution in [0.2, 0.25) is 0 Å². The van der Waals surface area contributed by atoms with Crippen molar-refractivity contribution in [2.75, 3.05) is 13.2 Å². The summed E-state index contributed by atoms with van der Waals surface area (Å²) in [5.41, 5.74) is 1.09. The summed E-state index contributed by atoms with van der Waals surface area (Å²) in [6, 6.07) is 9.57. The molecule has 29 heavy (non-hydrogen) atoms. The summed E-state index contributed by atoms with van der Waals surface area (Å²) >= 11 is 0. The lowest BCUT2D eigenvalue weighted by molar-refractivity contribution is -0.125. The van der Waals surface area contributed by atoms with Gasteiger partial charge in [-0.3, -0.25) is 9.59 Å². The highest BCUT2D eigenvalue weighted by atomic mass is 16.5. The lowest BCUT2D eigenvalue weighted by atomic mass is 10.1. The van der Waals surface area contributed by atoms with Crippen molar-refractivity contribution >= 4 is 11.8 Å². The minimum Gasteiger partial charge on any atom is -0.507 e. The number of pyridine rings is 1. The Hall–Kier alpha value is -3.09. The van der Waals surface area contributed by atoms with E-state index in [1.165, 1.54) is 23.8 Å². The molecule has 2 aliphatic rings. The van der Waals surface area contributed by atoms with Crippen LogP contribution in [0.3, 0.4) is 0 Å². The number of amides is 2. The fourth-order valence-corrected chi connectivity index (χ4v) is 3.49. The van der Waals surface area contributed by atoms with Crippen LogP contribution in [0.15, 0.2) is 42.6 Å². The molecule has 0 spiro atoms. The number of phenolic OH excluding ortho intramolecular Hbond substituents is 1. The number of carbonyl (C=O) groups is 2. The van der Waals surface area contributed by atoms with E-state index >= 15 is 0 Å². The highest BCUT2D eigenvalue weighted by Gasteiger charge is 2.35. The van der Waals surface area contributed by atoms with E-state index < -0.39 is 6.04 Å². The number of rotatable bonds is 7. The molecule has 2 aromatic rings. The Labute approximate surface area is 169 Å². The van der Waals surface area contributed by atoms with Crippen molar-refractivity contribution in [1.29, 1.82) is 0 Å². The number of para-hydroxylation sites is 1. The number of hydrogen-bond acceptors (Lipinski definition) is 5. The topological polar surface area (TPSA) is 91.8 Å². The minimum atomic E-state index is -0.531. The highest BCUT2D eigenvalue weighted by molar-refractivity contribution is 5.99. The van der Waals surface area contributed by atoms with E-state index in [1.54, 1.807) is 24.4 Å². The summed E-state index contributed by atoms with van der Waals surface area (Å²) in [7, 11) is 0. The standard InChI is InChI=1S/C22H25N3O4/c26-19-6-2-1-4-17(19)22(28)25-11-3-5-18(25)21(27)24-13-16-9-10-20(23-12-16)29-14-15-7-8-15/h1-2,4,6,9-10,12,15,18,26H,3,5,7-8,11,13-14H2,(H,24,27). The van der Waals surface area contributed by atoms with Crippen LogP contribution >= 0.6 is 0 Å². The average Bonchev–Trinajstić information content (AvgIpc) is 3.44. The molecule has 1 aliphatic carbocycles. The third-order valence-electron chi connectivity index (χ3n) is 5.38. The molecule has 1 atom stereocenters. The molecule has 1 unspecified atom stereocenters. The summed E-state index contributed by atoms with van der Waals surface area (Å²) in [6.45, 7) is 1.55. The van der Waals surface area contributed by atoms with Gasteiger partial charge in [-0.2, -0.15) is 0 Å². The second kappa shape index (κ2) is 8.51. The van der Waals surface area contributed by atoms with Gasteiger partial charge >= 0.3 is 0 Å². The third-order valence-corrected chi connectivity index (χ3v) is 5.38. The monoisotopic (exact) mass is 395 g/mol. The smallest absolute Gasteiger partial charge is 0.258 e. The van der Waals surface area contributed by atoms with Crippen molar-refractivity contribution in [2.24, 2.45) is 5.92 Å². The molecule has 4 rings (SSSR count). The Balaban J connectivity index is 1.32. The molecule has 2 heterocycles. The molecule has 2 fully saturated rings. The van der Waals surface area contributed by atoms with Crippen LogP contribution in [0.25, 0.3) is 0 Å². The Bertz CT molecular complexity index is 880. The maximum absolute atomic E-state index is 12.8. The van der Waals surface area contributed by atoms with Crippen molar-refractivity contribution in [3.05, 3.63) is 53.7 Å². The van der Waals surface area contributed by atoms with E-state index in [4.69, 9.17) is 4.74 Å². The predicted molar refractivity (Wildman–Crippen MR) is 106 cm³/mol. The number of carbonyl (C=O) groups excluding carboxylic acids is 2. The summed E-state index contributed by atoms with van der Waals surface area (Å²) in [4.78, 5) is 31.3. The van der Waals surface area contributed by atoms with E-state index in [2.05, 4.69) is 10.3 Å². The summed E-state index contributed by atoms with van der Waals surface area (Å²) < 4.78 is 5.62. The zero-order chi connectivity index (χ0) is 20.2. The molecular formula is C22H25N3O4. The molecule has 1 aliphatic heterocycles. The number of nitrogens with one attached hydrogen (secondary N) is 1. The van der Waals surface area contributed by atoms with Crippen molar-refractivity contribution in [2.45, 2.75) is 38.3 Å². The molecule has 7 heteroatoms. The van der Waals surface area contributed by atoms with Crippen molar-refractivity contribution < 1.29 is 19.4 Å². The second-order valence-electron chi connectivity index (χ2n) is 7.65. The Kier molecular flexibility index (Phi) is 5.64. The van der Waals surface area contributed by atoms with Crippen LogP contribution in [0.4, 0.5) is 0 Å². The van der Waals surface area contributed by atoms with Gasteiger partial charge in [0.1, 0.15) is 11.8 Å². The van der Waals surface area contributed by atoms with E-state index in [0.717, 1.165) is 12.0 Å². The molecule has 152 valence electrons. The summed E-state index contributed by atoms with van der Waals surface area (Å²) in [5.74, 6) is 0.686. The predicted octanol–water partition coefficient (Wildman–Crippen LogP) is 2.50. The van der Waals surface area contributed by atoms with E-state index in [-0.39, 0.29) is 23.1 Å². The first-order chi connectivity index (χ1) is 14.1. The van der Waals surface area contributed by atoms with E-state index in [0.29, 0.717) is 37.9 Å². The molecule has 2 amide bonds. The molecule has 1 saturated carbocycles. The molecule has 0 bridgehead atoms. The quantitative estimate of drug-likeness (QED) is 0.752. The number of nitrogens with zero attached hydrogens (tertiary/aromatic N) is 2. The fraction of sp³-hybridized carbons (Fsp3) is 0.409. The SMILES string of the molecule is O=C(NCc1ccc(OCC2CC2)nc1)C1CCCN1C(=O)c1ccccc1O. The number of ether oxygens (including phenoxy) is 1. The normalized spacial score (nSPS) is 18.5.